The molecule has 0 saturated heterocycles. The van der Waals surface area contributed by atoms with Gasteiger partial charge in [0.1, 0.15) is 0 Å². The monoisotopic (exact) mass is 736 g/mol. The first-order valence-corrected chi connectivity index (χ1v) is 21.5. The summed E-state index contributed by atoms with van der Waals surface area (Å²) in [5.41, 5.74) is 4.86. The van der Waals surface area contributed by atoms with Gasteiger partial charge in [-0.25, -0.2) is 8.37 Å². The Morgan fingerprint density at radius 2 is 1.49 bits per heavy atom. The number of unbranched alkanes of at least 4 members (excludes halogenated alkanes) is 1. The Bertz CT molecular complexity index is 1290. The number of hydrogen-bond acceptors (Lipinski definition) is 10. The van der Waals surface area contributed by atoms with Gasteiger partial charge in [-0.05, 0) is 157 Å². The molecule has 0 aliphatic heterocycles. The molecule has 0 aromatic heterocycles. The predicted octanol–water partition coefficient (Wildman–Crippen LogP) is 3.86. The molecule has 7 N–H and O–H groups in total. The van der Waals surface area contributed by atoms with Gasteiger partial charge in [-0.2, -0.15) is 16.8 Å². The van der Waals surface area contributed by atoms with Gasteiger partial charge in [0, 0.05) is 18.4 Å². The van der Waals surface area contributed by atoms with Crippen LogP contribution in [0.15, 0.2) is 0 Å². The molecule has 49 heavy (non-hydrogen) atoms. The third-order valence-corrected chi connectivity index (χ3v) is 14.1. The van der Waals surface area contributed by atoms with Gasteiger partial charge < -0.3 is 21.7 Å². The zero-order valence-corrected chi connectivity index (χ0v) is 31.5. The zero-order chi connectivity index (χ0) is 35.9. The molecule has 4 fully saturated rings. The van der Waals surface area contributed by atoms with Crippen LogP contribution in [-0.2, 0) is 34.0 Å². The van der Waals surface area contributed by atoms with Crippen molar-refractivity contribution in [2.45, 2.75) is 123 Å². The Kier molecular flexibility index (Phi) is 14.8. The van der Waals surface area contributed by atoms with E-state index in [1.807, 2.05) is 0 Å². The van der Waals surface area contributed by atoms with E-state index in [0.717, 1.165) is 77.5 Å². The van der Waals surface area contributed by atoms with E-state index < -0.39 is 38.4 Å². The first-order chi connectivity index (χ1) is 23.1. The van der Waals surface area contributed by atoms with Crippen LogP contribution in [-0.4, -0.2) is 83.3 Å². The van der Waals surface area contributed by atoms with Crippen molar-refractivity contribution >= 4 is 26.7 Å². The molecule has 13 nitrogen and oxygen atoms in total. The Morgan fingerprint density at radius 3 is 2.14 bits per heavy atom. The summed E-state index contributed by atoms with van der Waals surface area (Å²) in [6, 6.07) is 0. The molecule has 0 heterocycles. The van der Waals surface area contributed by atoms with E-state index in [1.165, 1.54) is 0 Å². The second-order valence-electron chi connectivity index (χ2n) is 15.9. The van der Waals surface area contributed by atoms with Crippen molar-refractivity contribution in [2.75, 3.05) is 39.3 Å². The molecular formula is C34H64N4O9S2. The van der Waals surface area contributed by atoms with Gasteiger partial charge in [0.25, 0.3) is 0 Å². The fourth-order valence-corrected chi connectivity index (χ4v) is 11.8. The fraction of sp³-hybridized carbons (Fsp3) is 0.971. The van der Waals surface area contributed by atoms with E-state index in [0.29, 0.717) is 57.5 Å². The summed E-state index contributed by atoms with van der Waals surface area (Å²) in [6.07, 6.45) is 9.89. The largest absolute Gasteiger partial charge is 0.397 e. The van der Waals surface area contributed by atoms with Crippen LogP contribution in [0.2, 0.25) is 0 Å². The molecule has 0 aromatic carbocycles. The van der Waals surface area contributed by atoms with Crippen LogP contribution in [0, 0.1) is 46.3 Å². The minimum absolute atomic E-state index is 0.0318. The van der Waals surface area contributed by atoms with E-state index >= 15 is 0 Å². The number of nitrogens with one attached hydrogen (secondary N) is 3. The highest BCUT2D eigenvalue weighted by atomic mass is 32.3. The van der Waals surface area contributed by atoms with Crippen molar-refractivity contribution in [2.24, 2.45) is 52.1 Å². The van der Waals surface area contributed by atoms with Crippen molar-refractivity contribution in [1.82, 2.24) is 16.0 Å². The lowest BCUT2D eigenvalue weighted by Gasteiger charge is -2.62. The van der Waals surface area contributed by atoms with E-state index in [1.54, 1.807) is 0 Å². The molecule has 10 atom stereocenters. The number of amides is 1. The maximum absolute atomic E-state index is 12.8. The number of hydrogen-bond donors (Lipinski definition) is 6. The van der Waals surface area contributed by atoms with Crippen LogP contribution < -0.4 is 21.7 Å². The standard InChI is InChI=1S/C34H64N4O9S2/c1-24(8-13-32(39)38-21-7-20-37-18-5-4-17-36-19-6-16-35)28-11-12-29-27-10-9-25-22-26(46-48(40,41)42)14-15-33(25,2)30(27)23-31(34(28,29)3)47-49(43,44)45/h24-31,36-37H,4-23,35H2,1-3H3,(H,38,39)(H,40,41,42)(H,43,44,45)/t24-,25-,26-,27+,28-,29+,30+,31+,33+,34-/m1/s1. The third kappa shape index (κ3) is 10.8. The van der Waals surface area contributed by atoms with Gasteiger partial charge in [-0.1, -0.05) is 20.8 Å². The summed E-state index contributed by atoms with van der Waals surface area (Å²) in [6.45, 7) is 11.7. The first-order valence-electron chi connectivity index (χ1n) is 18.8. The summed E-state index contributed by atoms with van der Waals surface area (Å²) >= 11 is 0. The van der Waals surface area contributed by atoms with Crippen LogP contribution in [0.25, 0.3) is 0 Å². The Labute approximate surface area is 295 Å². The Balaban J connectivity index is 1.29. The summed E-state index contributed by atoms with van der Waals surface area (Å²) in [4.78, 5) is 12.8. The van der Waals surface area contributed by atoms with E-state index in [4.69, 9.17) is 14.1 Å². The molecule has 0 aromatic rings. The zero-order valence-electron chi connectivity index (χ0n) is 29.9. The highest BCUT2D eigenvalue weighted by Crippen LogP contribution is 2.69. The van der Waals surface area contributed by atoms with Crippen LogP contribution in [0.4, 0.5) is 0 Å². The van der Waals surface area contributed by atoms with E-state index in [2.05, 4.69) is 36.7 Å². The molecule has 4 saturated carbocycles. The highest BCUT2D eigenvalue weighted by Gasteiger charge is 2.65. The number of carbonyl (C=O) groups excluding carboxylic acids is 1. The summed E-state index contributed by atoms with van der Waals surface area (Å²) in [7, 11) is -9.25. The molecule has 0 bridgehead atoms. The van der Waals surface area contributed by atoms with Crippen molar-refractivity contribution in [3.63, 3.8) is 0 Å². The first kappa shape index (κ1) is 40.9. The molecule has 4 rings (SSSR count). The van der Waals surface area contributed by atoms with Crippen molar-refractivity contribution in [3.8, 4) is 0 Å². The maximum Gasteiger partial charge on any atom is 0.397 e. The molecule has 0 unspecified atom stereocenters. The molecule has 1 amide bonds. The average molecular weight is 737 g/mol. The lowest BCUT2D eigenvalue weighted by molar-refractivity contribution is -0.167. The Morgan fingerprint density at radius 1 is 0.837 bits per heavy atom. The Hall–Kier alpha value is -0.910. The van der Waals surface area contributed by atoms with Crippen LogP contribution in [0.1, 0.15) is 111 Å². The number of nitrogens with two attached hydrogens (primary N) is 1. The minimum Gasteiger partial charge on any atom is -0.356 e. The van der Waals surface area contributed by atoms with Crippen molar-refractivity contribution in [1.29, 1.82) is 0 Å². The summed E-state index contributed by atoms with van der Waals surface area (Å²) < 4.78 is 77.1. The highest BCUT2D eigenvalue weighted by molar-refractivity contribution is 7.81. The molecule has 15 heteroatoms. The smallest absolute Gasteiger partial charge is 0.356 e. The predicted molar refractivity (Wildman–Crippen MR) is 188 cm³/mol. The van der Waals surface area contributed by atoms with Crippen molar-refractivity contribution < 1.29 is 39.1 Å². The fourth-order valence-electron chi connectivity index (χ4n) is 10.7. The average Bonchev–Trinajstić information content (AvgIpc) is 3.38. The van der Waals surface area contributed by atoms with Gasteiger partial charge in [0.15, 0.2) is 0 Å². The van der Waals surface area contributed by atoms with E-state index in [-0.39, 0.29) is 40.9 Å². The van der Waals surface area contributed by atoms with Crippen molar-refractivity contribution in [3.05, 3.63) is 0 Å². The van der Waals surface area contributed by atoms with E-state index in [9.17, 15) is 30.7 Å². The minimum atomic E-state index is -4.71. The maximum atomic E-state index is 12.8. The van der Waals surface area contributed by atoms with Gasteiger partial charge in [0.2, 0.25) is 5.91 Å². The molecular weight excluding hydrogens is 673 g/mol. The SMILES string of the molecule is C[C@H](CCC(=O)NCCCNCCCCNCCCN)[C@H]1CC[C@H]2[C@@H]3CC[C@@H]4C[C@H](OS(=O)(=O)O)CC[C@]4(C)[C@H]3C[C@H](OS(=O)(=O)O)[C@]12C. The number of carbonyl (C=O) groups is 1. The topological polar surface area (TPSA) is 206 Å². The van der Waals surface area contributed by atoms with Crippen LogP contribution >= 0.6 is 0 Å². The third-order valence-electron chi connectivity index (χ3n) is 13.1. The molecule has 0 spiro atoms. The number of rotatable bonds is 20. The summed E-state index contributed by atoms with van der Waals surface area (Å²) in [5.74, 6) is 1.24. The van der Waals surface area contributed by atoms with Gasteiger partial charge in [0.05, 0.1) is 12.2 Å². The second kappa shape index (κ2) is 17.7. The molecule has 4 aliphatic carbocycles. The molecule has 4 aliphatic rings. The second-order valence-corrected chi connectivity index (χ2v) is 18.0. The van der Waals surface area contributed by atoms with Gasteiger partial charge in [-0.3, -0.25) is 13.9 Å². The summed E-state index contributed by atoms with van der Waals surface area (Å²) in [5, 5.41) is 9.88. The van der Waals surface area contributed by atoms with Crippen LogP contribution in [0.3, 0.4) is 0 Å². The normalized spacial score (nSPS) is 35.3. The van der Waals surface area contributed by atoms with Gasteiger partial charge in [-0.15, -0.1) is 0 Å². The molecule has 286 valence electrons. The molecule has 0 radical (unpaired) electrons. The quantitative estimate of drug-likeness (QED) is 0.0779. The van der Waals surface area contributed by atoms with Crippen LogP contribution in [0.5, 0.6) is 0 Å². The van der Waals surface area contributed by atoms with Gasteiger partial charge >= 0.3 is 20.8 Å². The lowest BCUT2D eigenvalue weighted by atomic mass is 9.43. The number of fused-ring (bicyclic) bond motifs is 5. The lowest BCUT2D eigenvalue weighted by Crippen LogP contribution is -2.59.